The van der Waals surface area contributed by atoms with Gasteiger partial charge < -0.3 is 10.1 Å². The molecule has 1 N–H and O–H groups in total. The third-order valence-corrected chi connectivity index (χ3v) is 4.68. The number of likely N-dealkylation sites (N-methyl/N-ethyl adjacent to an activating group) is 1. The number of amides is 1. The molecule has 134 valence electrons. The molecule has 0 bridgehead atoms. The summed E-state index contributed by atoms with van der Waals surface area (Å²) in [7, 11) is 0.157. The molecule has 0 saturated carbocycles. The van der Waals surface area contributed by atoms with Gasteiger partial charge in [-0.3, -0.25) is 9.69 Å². The SMILES string of the molecule is COc1ccc(CN(C)CC(=O)Nc2cccc(S(C)(=O)=O)c2)cc1. The summed E-state index contributed by atoms with van der Waals surface area (Å²) in [6.45, 7) is 0.802. The van der Waals surface area contributed by atoms with Crippen LogP contribution in [-0.4, -0.2) is 46.2 Å². The molecule has 7 heteroatoms. The van der Waals surface area contributed by atoms with Gasteiger partial charge >= 0.3 is 0 Å². The Balaban J connectivity index is 1.93. The van der Waals surface area contributed by atoms with E-state index in [9.17, 15) is 13.2 Å². The van der Waals surface area contributed by atoms with Crippen molar-refractivity contribution in [2.24, 2.45) is 0 Å². The molecular formula is C18H22N2O4S. The van der Waals surface area contributed by atoms with Crippen LogP contribution in [0.1, 0.15) is 5.56 Å². The molecule has 0 aliphatic carbocycles. The number of ether oxygens (including phenoxy) is 1. The number of carbonyl (C=O) groups excluding carboxylic acids is 1. The first kappa shape index (κ1) is 19.0. The highest BCUT2D eigenvalue weighted by Crippen LogP contribution is 2.16. The molecule has 0 radical (unpaired) electrons. The van der Waals surface area contributed by atoms with Gasteiger partial charge in [0.05, 0.1) is 18.6 Å². The molecular weight excluding hydrogens is 340 g/mol. The number of nitrogens with one attached hydrogen (secondary N) is 1. The largest absolute Gasteiger partial charge is 0.497 e. The summed E-state index contributed by atoms with van der Waals surface area (Å²) in [6, 6.07) is 13.9. The van der Waals surface area contributed by atoms with E-state index in [-0.39, 0.29) is 17.3 Å². The molecule has 0 heterocycles. The number of sulfone groups is 1. The molecule has 0 fully saturated rings. The van der Waals surface area contributed by atoms with Gasteiger partial charge in [0.15, 0.2) is 9.84 Å². The topological polar surface area (TPSA) is 75.7 Å². The molecule has 25 heavy (non-hydrogen) atoms. The third kappa shape index (κ3) is 5.88. The zero-order valence-corrected chi connectivity index (χ0v) is 15.3. The van der Waals surface area contributed by atoms with Crippen molar-refractivity contribution in [1.29, 1.82) is 0 Å². The number of rotatable bonds is 7. The fraction of sp³-hybridized carbons (Fsp3) is 0.278. The number of carbonyl (C=O) groups is 1. The first-order valence-corrected chi connectivity index (χ1v) is 9.58. The molecule has 0 aliphatic heterocycles. The van der Waals surface area contributed by atoms with Crippen LogP contribution in [0.3, 0.4) is 0 Å². The first-order chi connectivity index (χ1) is 11.8. The van der Waals surface area contributed by atoms with Crippen LogP contribution >= 0.6 is 0 Å². The van der Waals surface area contributed by atoms with Crippen molar-refractivity contribution in [3.63, 3.8) is 0 Å². The predicted octanol–water partition coefficient (Wildman–Crippen LogP) is 2.17. The average Bonchev–Trinajstić information content (AvgIpc) is 2.54. The van der Waals surface area contributed by atoms with E-state index in [2.05, 4.69) is 5.32 Å². The van der Waals surface area contributed by atoms with Gasteiger partial charge in [0, 0.05) is 18.5 Å². The van der Waals surface area contributed by atoms with Crippen molar-refractivity contribution in [2.45, 2.75) is 11.4 Å². The van der Waals surface area contributed by atoms with Gasteiger partial charge in [0.25, 0.3) is 0 Å². The minimum atomic E-state index is -3.30. The van der Waals surface area contributed by atoms with E-state index in [4.69, 9.17) is 4.74 Å². The Morgan fingerprint density at radius 1 is 1.16 bits per heavy atom. The second-order valence-electron chi connectivity index (χ2n) is 5.87. The van der Waals surface area contributed by atoms with Crippen molar-refractivity contribution in [3.05, 3.63) is 54.1 Å². The maximum atomic E-state index is 12.2. The number of nitrogens with zero attached hydrogens (tertiary/aromatic N) is 1. The molecule has 0 saturated heterocycles. The van der Waals surface area contributed by atoms with Crippen molar-refractivity contribution in [2.75, 3.05) is 32.3 Å². The van der Waals surface area contributed by atoms with Gasteiger partial charge in [-0.2, -0.15) is 0 Å². The van der Waals surface area contributed by atoms with E-state index in [0.29, 0.717) is 12.2 Å². The summed E-state index contributed by atoms with van der Waals surface area (Å²) in [5.74, 6) is 0.580. The smallest absolute Gasteiger partial charge is 0.238 e. The average molecular weight is 362 g/mol. The van der Waals surface area contributed by atoms with Crippen molar-refractivity contribution >= 4 is 21.4 Å². The molecule has 0 aliphatic rings. The summed E-state index contributed by atoms with van der Waals surface area (Å²) in [5, 5.41) is 2.72. The molecule has 6 nitrogen and oxygen atoms in total. The van der Waals surface area contributed by atoms with E-state index in [1.165, 1.54) is 12.1 Å². The van der Waals surface area contributed by atoms with Crippen LogP contribution in [0.25, 0.3) is 0 Å². The van der Waals surface area contributed by atoms with Gasteiger partial charge in [-0.1, -0.05) is 18.2 Å². The molecule has 2 aromatic carbocycles. The van der Waals surface area contributed by atoms with Crippen LogP contribution in [0.2, 0.25) is 0 Å². The molecule has 0 aromatic heterocycles. The minimum absolute atomic E-state index is 0.178. The molecule has 1 amide bonds. The van der Waals surface area contributed by atoms with Crippen LogP contribution in [-0.2, 0) is 21.2 Å². The fourth-order valence-electron chi connectivity index (χ4n) is 2.35. The van der Waals surface area contributed by atoms with Crippen molar-refractivity contribution < 1.29 is 17.9 Å². The molecule has 0 atom stereocenters. The molecule has 0 unspecified atom stereocenters. The van der Waals surface area contributed by atoms with Crippen LogP contribution in [0.5, 0.6) is 5.75 Å². The standard InChI is InChI=1S/C18H22N2O4S/c1-20(12-14-7-9-16(24-2)10-8-14)13-18(21)19-15-5-4-6-17(11-15)25(3,22)23/h4-11H,12-13H2,1-3H3,(H,19,21). The molecule has 2 aromatic rings. The van der Waals surface area contributed by atoms with Gasteiger partial charge in [0.2, 0.25) is 5.91 Å². The lowest BCUT2D eigenvalue weighted by atomic mass is 10.2. The van der Waals surface area contributed by atoms with Gasteiger partial charge in [0.1, 0.15) is 5.75 Å². The minimum Gasteiger partial charge on any atom is -0.497 e. The van der Waals surface area contributed by atoms with E-state index in [0.717, 1.165) is 17.6 Å². The van der Waals surface area contributed by atoms with E-state index >= 15 is 0 Å². The van der Waals surface area contributed by atoms with Crippen molar-refractivity contribution in [3.8, 4) is 5.75 Å². The number of anilines is 1. The quantitative estimate of drug-likeness (QED) is 0.817. The fourth-order valence-corrected chi connectivity index (χ4v) is 3.02. The van der Waals surface area contributed by atoms with Crippen LogP contribution < -0.4 is 10.1 Å². The van der Waals surface area contributed by atoms with E-state index in [1.807, 2.05) is 36.2 Å². The van der Waals surface area contributed by atoms with Gasteiger partial charge in [-0.25, -0.2) is 8.42 Å². The lowest BCUT2D eigenvalue weighted by Crippen LogP contribution is -2.29. The highest BCUT2D eigenvalue weighted by atomic mass is 32.2. The summed E-state index contributed by atoms with van der Waals surface area (Å²) in [6.07, 6.45) is 1.14. The third-order valence-electron chi connectivity index (χ3n) is 3.57. The zero-order chi connectivity index (χ0) is 18.4. The normalized spacial score (nSPS) is 11.4. The van der Waals surface area contributed by atoms with Crippen LogP contribution in [0, 0.1) is 0 Å². The highest BCUT2D eigenvalue weighted by molar-refractivity contribution is 7.90. The Labute approximate surface area is 148 Å². The Bertz CT molecular complexity index is 832. The van der Waals surface area contributed by atoms with E-state index < -0.39 is 9.84 Å². The summed E-state index contributed by atoms with van der Waals surface area (Å²) in [4.78, 5) is 14.2. The van der Waals surface area contributed by atoms with Gasteiger partial charge in [-0.15, -0.1) is 0 Å². The maximum Gasteiger partial charge on any atom is 0.238 e. The second-order valence-corrected chi connectivity index (χ2v) is 7.88. The van der Waals surface area contributed by atoms with E-state index in [1.54, 1.807) is 19.2 Å². The number of benzene rings is 2. The van der Waals surface area contributed by atoms with Gasteiger partial charge in [-0.05, 0) is 42.9 Å². The van der Waals surface area contributed by atoms with Crippen LogP contribution in [0.15, 0.2) is 53.4 Å². The molecule has 0 spiro atoms. The highest BCUT2D eigenvalue weighted by Gasteiger charge is 2.11. The predicted molar refractivity (Wildman–Crippen MR) is 97.5 cm³/mol. The number of hydrogen-bond acceptors (Lipinski definition) is 5. The Kier molecular flexibility index (Phi) is 6.17. The first-order valence-electron chi connectivity index (χ1n) is 7.69. The monoisotopic (exact) mass is 362 g/mol. The Morgan fingerprint density at radius 2 is 1.84 bits per heavy atom. The zero-order valence-electron chi connectivity index (χ0n) is 14.5. The Hall–Kier alpha value is -2.38. The number of hydrogen-bond donors (Lipinski definition) is 1. The second kappa shape index (κ2) is 8.13. The number of methoxy groups -OCH3 is 1. The molecule has 2 rings (SSSR count). The maximum absolute atomic E-state index is 12.2. The summed E-state index contributed by atoms with van der Waals surface area (Å²) >= 11 is 0. The van der Waals surface area contributed by atoms with Crippen molar-refractivity contribution in [1.82, 2.24) is 4.90 Å². The summed E-state index contributed by atoms with van der Waals surface area (Å²) < 4.78 is 28.3. The lowest BCUT2D eigenvalue weighted by Gasteiger charge is -2.16. The lowest BCUT2D eigenvalue weighted by molar-refractivity contribution is -0.117. The Morgan fingerprint density at radius 3 is 2.44 bits per heavy atom. The summed E-state index contributed by atoms with van der Waals surface area (Å²) in [5.41, 5.74) is 1.53. The van der Waals surface area contributed by atoms with Crippen LogP contribution in [0.4, 0.5) is 5.69 Å².